The summed E-state index contributed by atoms with van der Waals surface area (Å²) in [6.45, 7) is 14.5. The van der Waals surface area contributed by atoms with Crippen molar-refractivity contribution in [1.82, 2.24) is 0 Å². The number of unbranched alkanes of at least 4 members (excludes halogenated alkanes) is 2. The Hall–Kier alpha value is -1.57. The number of hydrogen-bond donors (Lipinski definition) is 0. The molecule has 11 heteroatoms. The molecule has 2 rings (SSSR count). The second-order valence-electron chi connectivity index (χ2n) is 11.2. The van der Waals surface area contributed by atoms with E-state index in [2.05, 4.69) is 0 Å². The normalized spacial score (nSPS) is 15.8. The predicted octanol–water partition coefficient (Wildman–Crippen LogP) is 3.61. The number of ether oxygens (including phenoxy) is 7. The summed E-state index contributed by atoms with van der Waals surface area (Å²) in [6, 6.07) is 7.87. The van der Waals surface area contributed by atoms with Crippen molar-refractivity contribution in [2.75, 3.05) is 86.4 Å². The lowest BCUT2D eigenvalue weighted by Crippen LogP contribution is -2.41. The molecule has 1 aliphatic heterocycles. The van der Waals surface area contributed by atoms with Gasteiger partial charge in [0.2, 0.25) is 0 Å². The SMILES string of the molecule is COCCOCCOCCOCCOCCOCCC(=O)CCCCCOc1ccc(B2OC(C)(C)C(C)(C)O2)cc1. The second-order valence-corrected chi connectivity index (χ2v) is 11.2. The maximum Gasteiger partial charge on any atom is 0.494 e. The van der Waals surface area contributed by atoms with E-state index in [1.807, 2.05) is 52.0 Å². The third kappa shape index (κ3) is 15.2. The van der Waals surface area contributed by atoms with Crippen LogP contribution in [0.25, 0.3) is 0 Å². The molecule has 0 aromatic heterocycles. The summed E-state index contributed by atoms with van der Waals surface area (Å²) < 4.78 is 50.1. The molecule has 10 nitrogen and oxygen atoms in total. The van der Waals surface area contributed by atoms with Gasteiger partial charge in [-0.2, -0.15) is 0 Å². The average molecular weight is 597 g/mol. The molecular formula is C31H53BO10. The van der Waals surface area contributed by atoms with Crippen molar-refractivity contribution in [3.8, 4) is 5.75 Å². The first-order valence-corrected chi connectivity index (χ1v) is 15.2. The van der Waals surface area contributed by atoms with Gasteiger partial charge in [0.1, 0.15) is 11.5 Å². The minimum absolute atomic E-state index is 0.229. The average Bonchev–Trinajstić information content (AvgIpc) is 3.18. The minimum atomic E-state index is -0.370. The minimum Gasteiger partial charge on any atom is -0.494 e. The predicted molar refractivity (Wildman–Crippen MR) is 162 cm³/mol. The number of hydrogen-bond acceptors (Lipinski definition) is 10. The van der Waals surface area contributed by atoms with Crippen LogP contribution in [0.2, 0.25) is 0 Å². The summed E-state index contributed by atoms with van der Waals surface area (Å²) in [6.07, 6.45) is 3.72. The topological polar surface area (TPSA) is 100 Å². The first-order chi connectivity index (χ1) is 20.2. The smallest absolute Gasteiger partial charge is 0.494 e. The standard InChI is InChI=1S/C31H53BO10/c1-30(2)31(3,4)42-32(41-30)27-10-12-29(13-11-27)40-15-8-6-7-9-28(33)14-16-35-19-20-37-23-24-39-26-25-38-22-21-36-18-17-34-5/h10-13H,6-9,14-26H2,1-5H3. The number of methoxy groups -OCH3 is 1. The fourth-order valence-corrected chi connectivity index (χ4v) is 3.93. The van der Waals surface area contributed by atoms with Crippen LogP contribution in [0.15, 0.2) is 24.3 Å². The van der Waals surface area contributed by atoms with Gasteiger partial charge >= 0.3 is 7.12 Å². The summed E-state index contributed by atoms with van der Waals surface area (Å²) in [5, 5.41) is 0. The van der Waals surface area contributed by atoms with E-state index in [9.17, 15) is 4.79 Å². The highest BCUT2D eigenvalue weighted by atomic mass is 16.7. The molecule has 0 spiro atoms. The third-order valence-electron chi connectivity index (χ3n) is 7.22. The van der Waals surface area contributed by atoms with E-state index < -0.39 is 0 Å². The largest absolute Gasteiger partial charge is 0.494 e. The maximum absolute atomic E-state index is 12.1. The van der Waals surface area contributed by atoms with Crippen molar-refractivity contribution < 1.29 is 47.3 Å². The maximum atomic E-state index is 12.1. The molecule has 0 radical (unpaired) electrons. The molecule has 240 valence electrons. The lowest BCUT2D eigenvalue weighted by atomic mass is 9.79. The molecule has 0 saturated carbocycles. The molecule has 1 aliphatic rings. The molecule has 0 N–H and O–H groups in total. The zero-order chi connectivity index (χ0) is 30.5. The van der Waals surface area contributed by atoms with Crippen molar-refractivity contribution in [3.63, 3.8) is 0 Å². The van der Waals surface area contributed by atoms with Gasteiger partial charge in [-0.3, -0.25) is 4.79 Å². The summed E-state index contributed by atoms with van der Waals surface area (Å²) in [5.41, 5.74) is 0.269. The van der Waals surface area contributed by atoms with Gasteiger partial charge in [0.15, 0.2) is 0 Å². The van der Waals surface area contributed by atoms with Crippen LogP contribution < -0.4 is 10.2 Å². The number of carbonyl (C=O) groups excluding carboxylic acids is 1. The van der Waals surface area contributed by atoms with Crippen molar-refractivity contribution in [2.45, 2.75) is 71.0 Å². The summed E-state index contributed by atoms with van der Waals surface area (Å²) >= 11 is 0. The van der Waals surface area contributed by atoms with E-state index in [0.717, 1.165) is 30.5 Å². The molecule has 42 heavy (non-hydrogen) atoms. The fourth-order valence-electron chi connectivity index (χ4n) is 3.93. The van der Waals surface area contributed by atoms with Crippen LogP contribution in [0.4, 0.5) is 0 Å². The van der Waals surface area contributed by atoms with Gasteiger partial charge in [0, 0.05) is 20.0 Å². The van der Waals surface area contributed by atoms with Crippen LogP contribution in [-0.2, 0) is 42.5 Å². The molecular weight excluding hydrogens is 543 g/mol. The van der Waals surface area contributed by atoms with E-state index in [-0.39, 0.29) is 24.1 Å². The van der Waals surface area contributed by atoms with Crippen molar-refractivity contribution in [2.24, 2.45) is 0 Å². The van der Waals surface area contributed by atoms with Crippen molar-refractivity contribution in [1.29, 1.82) is 0 Å². The zero-order valence-electron chi connectivity index (χ0n) is 26.5. The fraction of sp³-hybridized carbons (Fsp3) is 0.774. The number of ketones is 1. The monoisotopic (exact) mass is 596 g/mol. The molecule has 1 fully saturated rings. The number of benzene rings is 1. The first-order valence-electron chi connectivity index (χ1n) is 15.2. The van der Waals surface area contributed by atoms with Gasteiger partial charge in [0.05, 0.1) is 90.5 Å². The molecule has 0 amide bonds. The van der Waals surface area contributed by atoms with Crippen molar-refractivity contribution in [3.05, 3.63) is 24.3 Å². The highest BCUT2D eigenvalue weighted by molar-refractivity contribution is 6.62. The van der Waals surface area contributed by atoms with Gasteiger partial charge in [-0.15, -0.1) is 0 Å². The molecule has 0 unspecified atom stereocenters. The van der Waals surface area contributed by atoms with E-state index in [0.29, 0.717) is 92.1 Å². The van der Waals surface area contributed by atoms with E-state index in [1.54, 1.807) is 7.11 Å². The molecule has 1 aromatic carbocycles. The third-order valence-corrected chi connectivity index (χ3v) is 7.22. The molecule has 1 heterocycles. The summed E-state index contributed by atoms with van der Waals surface area (Å²) in [4.78, 5) is 12.1. The zero-order valence-corrected chi connectivity index (χ0v) is 26.5. The highest BCUT2D eigenvalue weighted by Gasteiger charge is 2.51. The number of carbonyl (C=O) groups is 1. The lowest BCUT2D eigenvalue weighted by molar-refractivity contribution is -0.120. The Morgan fingerprint density at radius 3 is 1.60 bits per heavy atom. The van der Waals surface area contributed by atoms with E-state index in [1.165, 1.54) is 0 Å². The van der Waals surface area contributed by atoms with E-state index >= 15 is 0 Å². The molecule has 1 saturated heterocycles. The Morgan fingerprint density at radius 2 is 1.10 bits per heavy atom. The van der Waals surface area contributed by atoms with Gasteiger partial charge in [-0.05, 0) is 64.6 Å². The van der Waals surface area contributed by atoms with Crippen molar-refractivity contribution >= 4 is 18.4 Å². The quantitative estimate of drug-likeness (QED) is 0.117. The Morgan fingerprint density at radius 1 is 0.619 bits per heavy atom. The van der Waals surface area contributed by atoms with Gasteiger partial charge in [-0.25, -0.2) is 0 Å². The van der Waals surface area contributed by atoms with Crippen LogP contribution in [-0.4, -0.2) is 110 Å². The van der Waals surface area contributed by atoms with E-state index in [4.69, 9.17) is 42.5 Å². The van der Waals surface area contributed by atoms with Crippen LogP contribution in [0.5, 0.6) is 5.75 Å². The second kappa shape index (κ2) is 21.2. The van der Waals surface area contributed by atoms with Gasteiger partial charge < -0.3 is 42.5 Å². The van der Waals surface area contributed by atoms with Crippen LogP contribution in [0, 0.1) is 0 Å². The number of rotatable bonds is 26. The molecule has 0 bridgehead atoms. The van der Waals surface area contributed by atoms with Crippen LogP contribution in [0.1, 0.15) is 59.8 Å². The van der Waals surface area contributed by atoms with Gasteiger partial charge in [-0.1, -0.05) is 12.1 Å². The molecule has 0 aliphatic carbocycles. The molecule has 0 atom stereocenters. The van der Waals surface area contributed by atoms with Crippen LogP contribution >= 0.6 is 0 Å². The summed E-state index contributed by atoms with van der Waals surface area (Å²) in [7, 11) is 1.27. The Kier molecular flexibility index (Phi) is 18.5. The first kappa shape index (κ1) is 36.6. The Balaban J connectivity index is 1.34. The lowest BCUT2D eigenvalue weighted by Gasteiger charge is -2.32. The highest BCUT2D eigenvalue weighted by Crippen LogP contribution is 2.36. The Labute approximate surface area is 253 Å². The van der Waals surface area contributed by atoms with Crippen LogP contribution in [0.3, 0.4) is 0 Å². The Bertz CT molecular complexity index is 818. The summed E-state index contributed by atoms with van der Waals surface area (Å²) in [5.74, 6) is 1.05. The molecule has 1 aromatic rings. The van der Waals surface area contributed by atoms with Gasteiger partial charge in [0.25, 0.3) is 0 Å². The number of Topliss-reactive ketones (excluding diaryl/α,β-unsaturated/α-hetero) is 1.